The van der Waals surface area contributed by atoms with Gasteiger partial charge in [0.05, 0.1) is 11.9 Å². The molecular weight excluding hydrogens is 398 g/mol. The molecule has 0 fully saturated rings. The molecule has 1 N–H and O–H groups in total. The summed E-state index contributed by atoms with van der Waals surface area (Å²) in [7, 11) is 0. The van der Waals surface area contributed by atoms with Gasteiger partial charge >= 0.3 is 0 Å². The zero-order chi connectivity index (χ0) is 20.9. The lowest BCUT2D eigenvalue weighted by atomic mass is 10.2. The molecule has 0 radical (unpaired) electrons. The fourth-order valence-corrected chi connectivity index (χ4v) is 3.41. The molecule has 0 saturated heterocycles. The van der Waals surface area contributed by atoms with Gasteiger partial charge < -0.3 is 4.90 Å². The summed E-state index contributed by atoms with van der Waals surface area (Å²) < 4.78 is 1.87. The van der Waals surface area contributed by atoms with Crippen molar-refractivity contribution in [3.05, 3.63) is 71.5 Å². The molecule has 7 nitrogen and oxygen atoms in total. The molecule has 0 atom stereocenters. The van der Waals surface area contributed by atoms with E-state index in [1.807, 2.05) is 53.0 Å². The monoisotopic (exact) mass is 419 g/mol. The number of hydrazone groups is 1. The minimum atomic E-state index is 0.642. The first-order valence-corrected chi connectivity index (χ1v) is 10.2. The maximum Gasteiger partial charge on any atom is 0.160 e. The second kappa shape index (κ2) is 8.92. The van der Waals surface area contributed by atoms with Crippen molar-refractivity contribution in [1.82, 2.24) is 19.6 Å². The van der Waals surface area contributed by atoms with E-state index in [1.165, 1.54) is 0 Å². The molecule has 0 amide bonds. The van der Waals surface area contributed by atoms with Crippen molar-refractivity contribution in [2.75, 3.05) is 23.4 Å². The van der Waals surface area contributed by atoms with Gasteiger partial charge in [0, 0.05) is 48.2 Å². The molecule has 0 spiro atoms. The highest BCUT2D eigenvalue weighted by Gasteiger charge is 2.14. The van der Waals surface area contributed by atoms with Crippen LogP contribution in [0.1, 0.15) is 19.4 Å². The molecule has 0 unspecified atom stereocenters. The number of hydrogen-bond acceptors (Lipinski definition) is 6. The van der Waals surface area contributed by atoms with E-state index >= 15 is 0 Å². The Morgan fingerprint density at radius 2 is 1.90 bits per heavy atom. The van der Waals surface area contributed by atoms with Gasteiger partial charge in [-0.2, -0.15) is 14.7 Å². The molecule has 0 aliphatic carbocycles. The lowest BCUT2D eigenvalue weighted by Gasteiger charge is -2.22. The van der Waals surface area contributed by atoms with Gasteiger partial charge in [-0.15, -0.1) is 0 Å². The van der Waals surface area contributed by atoms with Crippen LogP contribution in [-0.4, -0.2) is 38.9 Å². The quantitative estimate of drug-likeness (QED) is 0.346. The standard InChI is InChI=1S/C22H22ClN7/c1-3-29(4-2)22-14-20(27-25-15-16-6-5-7-18(23)12-16)26-21-13-19(28-30(21)22)17-8-10-24-11-9-17/h5-15H,3-4H2,1-2H3,(H,26,27)/b25-15+. The smallest absolute Gasteiger partial charge is 0.160 e. The Morgan fingerprint density at radius 1 is 1.10 bits per heavy atom. The van der Waals surface area contributed by atoms with Crippen molar-refractivity contribution >= 4 is 35.1 Å². The number of nitrogens with one attached hydrogen (secondary N) is 1. The molecule has 0 saturated carbocycles. The molecule has 0 aliphatic rings. The number of fused-ring (bicyclic) bond motifs is 1. The first-order valence-electron chi connectivity index (χ1n) is 9.78. The van der Waals surface area contributed by atoms with Gasteiger partial charge in [0.2, 0.25) is 0 Å². The van der Waals surface area contributed by atoms with Gasteiger partial charge in [0.15, 0.2) is 11.5 Å². The summed E-state index contributed by atoms with van der Waals surface area (Å²) in [4.78, 5) is 11.0. The van der Waals surface area contributed by atoms with Crippen LogP contribution in [-0.2, 0) is 0 Å². The Morgan fingerprint density at radius 3 is 2.63 bits per heavy atom. The van der Waals surface area contributed by atoms with Gasteiger partial charge in [-0.3, -0.25) is 10.4 Å². The fourth-order valence-electron chi connectivity index (χ4n) is 3.21. The van der Waals surface area contributed by atoms with E-state index in [0.717, 1.165) is 41.4 Å². The molecule has 4 aromatic rings. The average molecular weight is 420 g/mol. The van der Waals surface area contributed by atoms with Crippen LogP contribution in [0.3, 0.4) is 0 Å². The van der Waals surface area contributed by atoms with Crippen LogP contribution in [0.25, 0.3) is 16.9 Å². The van der Waals surface area contributed by atoms with E-state index in [-0.39, 0.29) is 0 Å². The zero-order valence-electron chi connectivity index (χ0n) is 16.8. The van der Waals surface area contributed by atoms with Crippen LogP contribution in [0.5, 0.6) is 0 Å². The molecule has 8 heteroatoms. The highest BCUT2D eigenvalue weighted by molar-refractivity contribution is 6.30. The molecule has 3 heterocycles. The first kappa shape index (κ1) is 19.8. The Labute approximate surface area is 180 Å². The van der Waals surface area contributed by atoms with Crippen molar-refractivity contribution in [2.24, 2.45) is 5.10 Å². The van der Waals surface area contributed by atoms with Gasteiger partial charge in [0.1, 0.15) is 5.82 Å². The molecule has 4 rings (SSSR count). The third-order valence-electron chi connectivity index (χ3n) is 4.71. The number of anilines is 2. The Bertz CT molecular complexity index is 1170. The van der Waals surface area contributed by atoms with Crippen LogP contribution in [0.4, 0.5) is 11.6 Å². The van der Waals surface area contributed by atoms with Crippen molar-refractivity contribution in [1.29, 1.82) is 0 Å². The van der Waals surface area contributed by atoms with Gasteiger partial charge in [-0.05, 0) is 43.7 Å². The predicted molar refractivity (Wildman–Crippen MR) is 122 cm³/mol. The number of nitrogens with zero attached hydrogens (tertiary/aromatic N) is 6. The number of pyridine rings is 1. The molecule has 0 aliphatic heterocycles. The molecular formula is C22H22ClN7. The number of hydrogen-bond donors (Lipinski definition) is 1. The summed E-state index contributed by atoms with van der Waals surface area (Å²) in [6.45, 7) is 5.94. The summed E-state index contributed by atoms with van der Waals surface area (Å²) in [5, 5.41) is 9.78. The fraction of sp³-hybridized carbons (Fsp3) is 0.182. The molecule has 1 aromatic carbocycles. The van der Waals surface area contributed by atoms with Crippen molar-refractivity contribution in [3.8, 4) is 11.3 Å². The summed E-state index contributed by atoms with van der Waals surface area (Å²) in [5.74, 6) is 1.59. The van der Waals surface area contributed by atoms with Crippen LogP contribution in [0.15, 0.2) is 66.0 Å². The number of rotatable bonds is 7. The van der Waals surface area contributed by atoms with E-state index in [0.29, 0.717) is 10.8 Å². The molecule has 3 aromatic heterocycles. The van der Waals surface area contributed by atoms with E-state index < -0.39 is 0 Å². The van der Waals surface area contributed by atoms with Gasteiger partial charge in [-0.25, -0.2) is 4.98 Å². The van der Waals surface area contributed by atoms with Crippen molar-refractivity contribution < 1.29 is 0 Å². The second-order valence-electron chi connectivity index (χ2n) is 6.63. The lowest BCUT2D eigenvalue weighted by Crippen LogP contribution is -2.25. The van der Waals surface area contributed by atoms with Gasteiger partial charge in [0.25, 0.3) is 0 Å². The highest BCUT2D eigenvalue weighted by Crippen LogP contribution is 2.25. The lowest BCUT2D eigenvalue weighted by molar-refractivity contribution is 0.801. The third kappa shape index (κ3) is 4.26. The summed E-state index contributed by atoms with van der Waals surface area (Å²) in [6, 6.07) is 15.3. The van der Waals surface area contributed by atoms with E-state index in [4.69, 9.17) is 16.7 Å². The van der Waals surface area contributed by atoms with Crippen LogP contribution >= 0.6 is 11.6 Å². The number of aromatic nitrogens is 4. The number of halogens is 1. The summed E-state index contributed by atoms with van der Waals surface area (Å²) in [6.07, 6.45) is 5.23. The predicted octanol–water partition coefficient (Wildman–Crippen LogP) is 4.74. The first-order chi connectivity index (χ1) is 14.7. The third-order valence-corrected chi connectivity index (χ3v) is 4.95. The van der Waals surface area contributed by atoms with Crippen molar-refractivity contribution in [2.45, 2.75) is 13.8 Å². The van der Waals surface area contributed by atoms with E-state index in [9.17, 15) is 0 Å². The van der Waals surface area contributed by atoms with Crippen LogP contribution < -0.4 is 10.3 Å². The highest BCUT2D eigenvalue weighted by atomic mass is 35.5. The Kier molecular flexibility index (Phi) is 5.90. The molecule has 0 bridgehead atoms. The average Bonchev–Trinajstić information content (AvgIpc) is 3.20. The minimum absolute atomic E-state index is 0.642. The molecule has 30 heavy (non-hydrogen) atoms. The van der Waals surface area contributed by atoms with Gasteiger partial charge in [-0.1, -0.05) is 23.7 Å². The normalized spacial score (nSPS) is 11.3. The maximum absolute atomic E-state index is 6.03. The van der Waals surface area contributed by atoms with Crippen molar-refractivity contribution in [3.63, 3.8) is 0 Å². The van der Waals surface area contributed by atoms with E-state index in [1.54, 1.807) is 18.6 Å². The molecule has 152 valence electrons. The summed E-state index contributed by atoms with van der Waals surface area (Å²) >= 11 is 6.03. The second-order valence-corrected chi connectivity index (χ2v) is 7.07. The largest absolute Gasteiger partial charge is 0.357 e. The van der Waals surface area contributed by atoms with Crippen LogP contribution in [0.2, 0.25) is 5.02 Å². The van der Waals surface area contributed by atoms with Crippen LogP contribution in [0, 0.1) is 0 Å². The maximum atomic E-state index is 6.03. The Balaban J connectivity index is 1.71. The van der Waals surface area contributed by atoms with E-state index in [2.05, 4.69) is 39.2 Å². The Hall–Kier alpha value is -3.45. The minimum Gasteiger partial charge on any atom is -0.357 e. The summed E-state index contributed by atoms with van der Waals surface area (Å²) in [5.41, 5.74) is 6.52. The zero-order valence-corrected chi connectivity index (χ0v) is 17.6. The topological polar surface area (TPSA) is 70.7 Å². The number of benzene rings is 1. The SMILES string of the molecule is CCN(CC)c1cc(N/N=C/c2cccc(Cl)c2)nc2cc(-c3ccncc3)nn12.